The van der Waals surface area contributed by atoms with Crippen LogP contribution in [0.5, 0.6) is 0 Å². The molecule has 3 nitrogen and oxygen atoms in total. The quantitative estimate of drug-likeness (QED) is 0.846. The molecule has 1 atom stereocenters. The highest BCUT2D eigenvalue weighted by Crippen LogP contribution is 2.31. The molecule has 1 aliphatic heterocycles. The van der Waals surface area contributed by atoms with Gasteiger partial charge in [-0.05, 0) is 43.1 Å². The predicted octanol–water partition coefficient (Wildman–Crippen LogP) is 2.95. The predicted molar refractivity (Wildman–Crippen MR) is 70.8 cm³/mol. The van der Waals surface area contributed by atoms with Gasteiger partial charge in [-0.1, -0.05) is 12.1 Å². The highest BCUT2D eigenvalue weighted by molar-refractivity contribution is 5.17. The molecule has 1 unspecified atom stereocenters. The van der Waals surface area contributed by atoms with Crippen molar-refractivity contribution in [1.29, 1.82) is 0 Å². The van der Waals surface area contributed by atoms with Gasteiger partial charge >= 0.3 is 0 Å². The molecule has 0 N–H and O–H groups in total. The Morgan fingerprint density at radius 3 is 3.05 bits per heavy atom. The number of likely N-dealkylation sites (tertiary alicyclic amines) is 1. The molecule has 1 fully saturated rings. The summed E-state index contributed by atoms with van der Waals surface area (Å²) in [4.78, 5) is 10.7. The fraction of sp³-hybridized carbons (Fsp3) is 0.333. The number of nitrogens with zero attached hydrogens (tertiary/aromatic N) is 3. The van der Waals surface area contributed by atoms with E-state index in [0.29, 0.717) is 6.04 Å². The average molecular weight is 257 g/mol. The minimum Gasteiger partial charge on any atom is -0.291 e. The molecule has 98 valence electrons. The summed E-state index contributed by atoms with van der Waals surface area (Å²) in [7, 11) is 0. The van der Waals surface area contributed by atoms with Crippen molar-refractivity contribution in [2.24, 2.45) is 0 Å². The molecule has 1 aromatic carbocycles. The third kappa shape index (κ3) is 2.79. The van der Waals surface area contributed by atoms with Crippen molar-refractivity contribution >= 4 is 0 Å². The summed E-state index contributed by atoms with van der Waals surface area (Å²) < 4.78 is 13.2. The summed E-state index contributed by atoms with van der Waals surface area (Å²) in [5.74, 6) is -0.171. The van der Waals surface area contributed by atoms with Crippen LogP contribution >= 0.6 is 0 Å². The molecule has 0 bridgehead atoms. The fourth-order valence-electron chi connectivity index (χ4n) is 2.72. The summed E-state index contributed by atoms with van der Waals surface area (Å²) in [5.41, 5.74) is 2.07. The van der Waals surface area contributed by atoms with Crippen molar-refractivity contribution in [1.82, 2.24) is 14.9 Å². The second kappa shape index (κ2) is 5.45. The van der Waals surface area contributed by atoms with Gasteiger partial charge in [-0.2, -0.15) is 0 Å². The Bertz CT molecular complexity index is 544. The molecule has 0 radical (unpaired) electrons. The van der Waals surface area contributed by atoms with E-state index in [2.05, 4.69) is 14.9 Å². The Labute approximate surface area is 112 Å². The van der Waals surface area contributed by atoms with E-state index in [0.717, 1.165) is 37.2 Å². The van der Waals surface area contributed by atoms with Crippen LogP contribution in [0.15, 0.2) is 42.9 Å². The molecule has 1 aromatic heterocycles. The van der Waals surface area contributed by atoms with Crippen LogP contribution in [0.1, 0.15) is 30.1 Å². The maximum atomic E-state index is 13.2. The maximum absolute atomic E-state index is 13.2. The summed E-state index contributed by atoms with van der Waals surface area (Å²) in [6, 6.07) is 9.12. The average Bonchev–Trinajstić information content (AvgIpc) is 2.88. The van der Waals surface area contributed by atoms with Crippen molar-refractivity contribution in [2.45, 2.75) is 25.4 Å². The lowest BCUT2D eigenvalue weighted by atomic mass is 10.1. The van der Waals surface area contributed by atoms with Gasteiger partial charge in [-0.25, -0.2) is 14.4 Å². The smallest absolute Gasteiger partial charge is 0.123 e. The highest BCUT2D eigenvalue weighted by atomic mass is 19.1. The van der Waals surface area contributed by atoms with Crippen LogP contribution in [0, 0.1) is 5.82 Å². The number of hydrogen-bond acceptors (Lipinski definition) is 3. The number of rotatable bonds is 3. The van der Waals surface area contributed by atoms with Gasteiger partial charge in [0.2, 0.25) is 0 Å². The van der Waals surface area contributed by atoms with E-state index < -0.39 is 0 Å². The molecule has 0 aliphatic carbocycles. The normalized spacial score (nSPS) is 19.7. The summed E-state index contributed by atoms with van der Waals surface area (Å²) >= 11 is 0. The molecule has 2 heterocycles. The Morgan fingerprint density at radius 2 is 2.26 bits per heavy atom. The first-order valence-electron chi connectivity index (χ1n) is 6.57. The van der Waals surface area contributed by atoms with E-state index in [-0.39, 0.29) is 5.82 Å². The van der Waals surface area contributed by atoms with Gasteiger partial charge in [-0.15, -0.1) is 0 Å². The van der Waals surface area contributed by atoms with Crippen molar-refractivity contribution in [3.8, 4) is 0 Å². The third-order valence-corrected chi connectivity index (χ3v) is 3.58. The minimum absolute atomic E-state index is 0.171. The molecule has 2 aromatic rings. The summed E-state index contributed by atoms with van der Waals surface area (Å²) in [6.07, 6.45) is 5.63. The van der Waals surface area contributed by atoms with Crippen molar-refractivity contribution in [3.63, 3.8) is 0 Å². The Hall–Kier alpha value is -1.81. The zero-order chi connectivity index (χ0) is 13.1. The van der Waals surface area contributed by atoms with Crippen LogP contribution in [0.25, 0.3) is 0 Å². The van der Waals surface area contributed by atoms with E-state index in [1.165, 1.54) is 6.07 Å². The first kappa shape index (κ1) is 12.2. The number of halogens is 1. The van der Waals surface area contributed by atoms with Gasteiger partial charge in [0, 0.05) is 12.7 Å². The van der Waals surface area contributed by atoms with Crippen LogP contribution in [0.3, 0.4) is 0 Å². The van der Waals surface area contributed by atoms with Crippen molar-refractivity contribution < 1.29 is 4.39 Å². The standard InChI is InChI=1S/C15H16FN3/c16-13-4-1-3-12(9-13)10-19-8-2-5-15(19)14-6-7-17-11-18-14/h1,3-4,6-7,9,11,15H,2,5,8,10H2. The van der Waals surface area contributed by atoms with E-state index >= 15 is 0 Å². The summed E-state index contributed by atoms with van der Waals surface area (Å²) in [6.45, 7) is 1.80. The second-order valence-electron chi connectivity index (χ2n) is 4.89. The number of aromatic nitrogens is 2. The molecule has 0 saturated carbocycles. The lowest BCUT2D eigenvalue weighted by molar-refractivity contribution is 0.244. The van der Waals surface area contributed by atoms with Crippen LogP contribution in [0.2, 0.25) is 0 Å². The molecular formula is C15H16FN3. The van der Waals surface area contributed by atoms with Crippen LogP contribution in [-0.4, -0.2) is 21.4 Å². The topological polar surface area (TPSA) is 29.0 Å². The number of hydrogen-bond donors (Lipinski definition) is 0. The molecule has 0 spiro atoms. The number of benzene rings is 1. The first-order valence-corrected chi connectivity index (χ1v) is 6.57. The minimum atomic E-state index is -0.171. The zero-order valence-corrected chi connectivity index (χ0v) is 10.7. The summed E-state index contributed by atoms with van der Waals surface area (Å²) in [5, 5.41) is 0. The van der Waals surface area contributed by atoms with Crippen molar-refractivity contribution in [3.05, 3.63) is 59.9 Å². The van der Waals surface area contributed by atoms with Gasteiger partial charge in [0.15, 0.2) is 0 Å². The molecule has 19 heavy (non-hydrogen) atoms. The monoisotopic (exact) mass is 257 g/mol. The zero-order valence-electron chi connectivity index (χ0n) is 10.7. The van der Waals surface area contributed by atoms with Gasteiger partial charge in [0.05, 0.1) is 11.7 Å². The molecule has 3 rings (SSSR count). The largest absolute Gasteiger partial charge is 0.291 e. The van der Waals surface area contributed by atoms with Gasteiger partial charge < -0.3 is 0 Å². The molecule has 4 heteroatoms. The van der Waals surface area contributed by atoms with E-state index in [4.69, 9.17) is 0 Å². The Balaban J connectivity index is 1.77. The lowest BCUT2D eigenvalue weighted by Gasteiger charge is -2.23. The van der Waals surface area contributed by atoms with Gasteiger partial charge in [0.25, 0.3) is 0 Å². The second-order valence-corrected chi connectivity index (χ2v) is 4.89. The maximum Gasteiger partial charge on any atom is 0.123 e. The lowest BCUT2D eigenvalue weighted by Crippen LogP contribution is -2.23. The third-order valence-electron chi connectivity index (χ3n) is 3.58. The highest BCUT2D eigenvalue weighted by Gasteiger charge is 2.26. The molecule has 0 amide bonds. The molecule has 1 saturated heterocycles. The van der Waals surface area contributed by atoms with E-state index in [1.807, 2.05) is 12.1 Å². The van der Waals surface area contributed by atoms with Crippen molar-refractivity contribution in [2.75, 3.05) is 6.54 Å². The molecule has 1 aliphatic rings. The van der Waals surface area contributed by atoms with Crippen LogP contribution in [-0.2, 0) is 6.54 Å². The van der Waals surface area contributed by atoms with Crippen LogP contribution < -0.4 is 0 Å². The van der Waals surface area contributed by atoms with Gasteiger partial charge in [0.1, 0.15) is 12.1 Å². The van der Waals surface area contributed by atoms with E-state index in [9.17, 15) is 4.39 Å². The fourth-order valence-corrected chi connectivity index (χ4v) is 2.72. The van der Waals surface area contributed by atoms with Crippen LogP contribution in [0.4, 0.5) is 4.39 Å². The van der Waals surface area contributed by atoms with Gasteiger partial charge in [-0.3, -0.25) is 4.90 Å². The molecular weight excluding hydrogens is 241 g/mol. The van der Waals surface area contributed by atoms with E-state index in [1.54, 1.807) is 24.7 Å². The Morgan fingerprint density at radius 1 is 1.32 bits per heavy atom. The Kier molecular flexibility index (Phi) is 3.51. The first-order chi connectivity index (χ1) is 9.33. The SMILES string of the molecule is Fc1cccc(CN2CCCC2c2ccncn2)c1.